The molecule has 0 bridgehead atoms. The summed E-state index contributed by atoms with van der Waals surface area (Å²) in [7, 11) is 0. The summed E-state index contributed by atoms with van der Waals surface area (Å²) >= 11 is 1.51. The molecule has 2 heterocycles. The topological polar surface area (TPSA) is 33.2 Å². The van der Waals surface area contributed by atoms with E-state index in [9.17, 15) is 4.79 Å². The minimum absolute atomic E-state index is 0.208. The molecule has 0 aromatic carbocycles. The zero-order chi connectivity index (χ0) is 12.1. The summed E-state index contributed by atoms with van der Waals surface area (Å²) in [5.74, 6) is 0.208. The van der Waals surface area contributed by atoms with Crippen LogP contribution in [0.4, 0.5) is 0 Å². The Morgan fingerprint density at radius 1 is 1.41 bits per heavy atom. The maximum absolute atomic E-state index is 11.8. The van der Waals surface area contributed by atoms with E-state index in [4.69, 9.17) is 0 Å². The first kappa shape index (κ1) is 12.7. The van der Waals surface area contributed by atoms with Crippen molar-refractivity contribution < 1.29 is 4.79 Å². The van der Waals surface area contributed by atoms with Crippen LogP contribution in [0.5, 0.6) is 0 Å². The first-order chi connectivity index (χ1) is 8.25. The number of rotatable bonds is 5. The van der Waals surface area contributed by atoms with Crippen LogP contribution in [0.2, 0.25) is 0 Å². The van der Waals surface area contributed by atoms with Crippen LogP contribution in [0.15, 0.2) is 6.20 Å². The molecular weight excluding hydrogens is 232 g/mol. The molecule has 4 heteroatoms. The van der Waals surface area contributed by atoms with E-state index in [1.54, 1.807) is 6.20 Å². The Morgan fingerprint density at radius 3 is 2.82 bits per heavy atom. The summed E-state index contributed by atoms with van der Waals surface area (Å²) < 4.78 is 0. The molecule has 0 atom stereocenters. The second-order valence-corrected chi connectivity index (χ2v) is 5.94. The molecule has 1 aliphatic heterocycles. The number of carbonyl (C=O) groups is 1. The zero-order valence-electron chi connectivity index (χ0n) is 10.4. The monoisotopic (exact) mass is 252 g/mol. The van der Waals surface area contributed by atoms with Crippen LogP contribution in [-0.4, -0.2) is 35.3 Å². The van der Waals surface area contributed by atoms with Gasteiger partial charge in [-0.15, -0.1) is 11.3 Å². The molecule has 0 radical (unpaired) electrons. The van der Waals surface area contributed by atoms with Crippen molar-refractivity contribution in [1.29, 1.82) is 0 Å². The Hall–Kier alpha value is -0.740. The highest BCUT2D eigenvalue weighted by Gasteiger charge is 2.12. The molecule has 1 fully saturated rings. The Kier molecular flexibility index (Phi) is 4.68. The van der Waals surface area contributed by atoms with Gasteiger partial charge in [-0.25, -0.2) is 4.98 Å². The molecule has 2 rings (SSSR count). The average molecular weight is 252 g/mol. The van der Waals surface area contributed by atoms with E-state index in [0.717, 1.165) is 17.8 Å². The lowest BCUT2D eigenvalue weighted by molar-refractivity contribution is 0.0972. The molecule has 1 saturated heterocycles. The highest BCUT2D eigenvalue weighted by Crippen LogP contribution is 2.15. The zero-order valence-corrected chi connectivity index (χ0v) is 11.3. The maximum atomic E-state index is 11.8. The van der Waals surface area contributed by atoms with Crippen molar-refractivity contribution in [2.75, 3.05) is 19.6 Å². The van der Waals surface area contributed by atoms with Crippen LogP contribution < -0.4 is 0 Å². The molecule has 3 nitrogen and oxygen atoms in total. The lowest BCUT2D eigenvalue weighted by Gasteiger charge is -2.26. The third kappa shape index (κ3) is 3.89. The first-order valence-corrected chi connectivity index (χ1v) is 7.25. The molecule has 0 saturated carbocycles. The maximum Gasteiger partial charge on any atom is 0.191 e. The van der Waals surface area contributed by atoms with E-state index in [-0.39, 0.29) is 5.78 Å². The summed E-state index contributed by atoms with van der Waals surface area (Å²) in [4.78, 5) is 19.6. The summed E-state index contributed by atoms with van der Waals surface area (Å²) in [6, 6.07) is 0. The van der Waals surface area contributed by atoms with Crippen LogP contribution >= 0.6 is 11.3 Å². The number of Topliss-reactive ketones (excluding diaryl/α,β-unsaturated/α-hetero) is 1. The quantitative estimate of drug-likeness (QED) is 0.755. The number of aromatic nitrogens is 1. The van der Waals surface area contributed by atoms with Gasteiger partial charge < -0.3 is 4.90 Å². The summed E-state index contributed by atoms with van der Waals surface area (Å²) in [5, 5.41) is 0.682. The van der Waals surface area contributed by atoms with Crippen molar-refractivity contribution in [2.45, 2.75) is 39.0 Å². The van der Waals surface area contributed by atoms with E-state index in [2.05, 4.69) is 9.88 Å². The number of aryl methyl sites for hydroxylation is 1. The minimum Gasteiger partial charge on any atom is -0.303 e. The molecule has 0 amide bonds. The van der Waals surface area contributed by atoms with Crippen molar-refractivity contribution in [2.24, 2.45) is 0 Å². The van der Waals surface area contributed by atoms with Crippen LogP contribution in [-0.2, 0) is 0 Å². The summed E-state index contributed by atoms with van der Waals surface area (Å²) in [6.07, 6.45) is 7.40. The van der Waals surface area contributed by atoms with Crippen molar-refractivity contribution in [3.63, 3.8) is 0 Å². The smallest absolute Gasteiger partial charge is 0.191 e. The fourth-order valence-corrected chi connectivity index (χ4v) is 2.97. The van der Waals surface area contributed by atoms with Crippen LogP contribution in [0.1, 0.15) is 46.8 Å². The molecule has 0 unspecified atom stereocenters. The molecule has 0 N–H and O–H groups in total. The van der Waals surface area contributed by atoms with Gasteiger partial charge in [0, 0.05) is 17.5 Å². The molecular formula is C13H20N2OS. The van der Waals surface area contributed by atoms with Crippen LogP contribution in [0.3, 0.4) is 0 Å². The molecule has 0 spiro atoms. The summed E-state index contributed by atoms with van der Waals surface area (Å²) in [5.41, 5.74) is 0. The third-order valence-corrected chi connectivity index (χ3v) is 4.14. The summed E-state index contributed by atoms with van der Waals surface area (Å²) in [6.45, 7) is 5.48. The van der Waals surface area contributed by atoms with Crippen molar-refractivity contribution in [3.05, 3.63) is 16.1 Å². The molecule has 1 aromatic heterocycles. The van der Waals surface area contributed by atoms with E-state index in [1.807, 2.05) is 6.92 Å². The Labute approximate surface area is 107 Å². The number of thiazole rings is 1. The fraction of sp³-hybridized carbons (Fsp3) is 0.692. The third-order valence-electron chi connectivity index (χ3n) is 3.19. The fourth-order valence-electron chi connectivity index (χ4n) is 2.24. The van der Waals surface area contributed by atoms with Crippen molar-refractivity contribution in [1.82, 2.24) is 9.88 Å². The largest absolute Gasteiger partial charge is 0.303 e. The number of hydrogen-bond acceptors (Lipinski definition) is 4. The Bertz CT molecular complexity index is 369. The highest BCUT2D eigenvalue weighted by atomic mass is 32.1. The average Bonchev–Trinajstić information content (AvgIpc) is 2.77. The number of nitrogens with zero attached hydrogens (tertiary/aromatic N) is 2. The van der Waals surface area contributed by atoms with Gasteiger partial charge in [-0.05, 0) is 45.8 Å². The van der Waals surface area contributed by atoms with Gasteiger partial charge in [-0.1, -0.05) is 6.42 Å². The van der Waals surface area contributed by atoms with E-state index >= 15 is 0 Å². The predicted molar refractivity (Wildman–Crippen MR) is 70.7 cm³/mol. The van der Waals surface area contributed by atoms with E-state index in [1.165, 1.54) is 43.7 Å². The van der Waals surface area contributed by atoms with Gasteiger partial charge in [0.25, 0.3) is 0 Å². The van der Waals surface area contributed by atoms with Gasteiger partial charge in [0.2, 0.25) is 0 Å². The molecule has 94 valence electrons. The first-order valence-electron chi connectivity index (χ1n) is 6.44. The van der Waals surface area contributed by atoms with Gasteiger partial charge in [0.1, 0.15) is 0 Å². The van der Waals surface area contributed by atoms with E-state index < -0.39 is 0 Å². The number of likely N-dealkylation sites (tertiary alicyclic amines) is 1. The van der Waals surface area contributed by atoms with Crippen molar-refractivity contribution in [3.8, 4) is 0 Å². The highest BCUT2D eigenvalue weighted by molar-refractivity contribution is 7.13. The SMILES string of the molecule is Cc1cnc(C(=O)CCCN2CCCCC2)s1. The number of piperidine rings is 1. The lowest BCUT2D eigenvalue weighted by atomic mass is 10.1. The number of hydrogen-bond donors (Lipinski definition) is 0. The minimum atomic E-state index is 0.208. The van der Waals surface area contributed by atoms with Gasteiger partial charge in [-0.3, -0.25) is 4.79 Å². The predicted octanol–water partition coefficient (Wildman–Crippen LogP) is 2.90. The number of carbonyl (C=O) groups excluding carboxylic acids is 1. The van der Waals surface area contributed by atoms with Gasteiger partial charge in [0.05, 0.1) is 0 Å². The van der Waals surface area contributed by atoms with Gasteiger partial charge in [-0.2, -0.15) is 0 Å². The Morgan fingerprint density at radius 2 is 2.18 bits per heavy atom. The standard InChI is InChI=1S/C13H20N2OS/c1-11-10-14-13(17-11)12(16)6-5-9-15-7-3-2-4-8-15/h10H,2-9H2,1H3. The van der Waals surface area contributed by atoms with E-state index in [0.29, 0.717) is 11.4 Å². The van der Waals surface area contributed by atoms with Gasteiger partial charge in [0.15, 0.2) is 10.8 Å². The van der Waals surface area contributed by atoms with Gasteiger partial charge >= 0.3 is 0 Å². The molecule has 17 heavy (non-hydrogen) atoms. The second-order valence-electron chi connectivity index (χ2n) is 4.71. The number of ketones is 1. The van der Waals surface area contributed by atoms with Crippen LogP contribution in [0, 0.1) is 6.92 Å². The Balaban J connectivity index is 1.69. The second kappa shape index (κ2) is 6.26. The van der Waals surface area contributed by atoms with Crippen LogP contribution in [0.25, 0.3) is 0 Å². The molecule has 1 aliphatic rings. The molecule has 1 aromatic rings. The normalized spacial score (nSPS) is 17.2. The lowest BCUT2D eigenvalue weighted by Crippen LogP contribution is -2.30. The van der Waals surface area contributed by atoms with Crippen molar-refractivity contribution >= 4 is 17.1 Å². The molecule has 0 aliphatic carbocycles.